The van der Waals surface area contributed by atoms with Crippen LogP contribution in [0.2, 0.25) is 0 Å². The molecular weight excluding hydrogens is 178 g/mol. The van der Waals surface area contributed by atoms with Crippen LogP contribution in [-0.2, 0) is 0 Å². The van der Waals surface area contributed by atoms with E-state index in [9.17, 15) is 5.11 Å². The van der Waals surface area contributed by atoms with E-state index in [1.54, 1.807) is 20.1 Å². The summed E-state index contributed by atoms with van der Waals surface area (Å²) in [7, 11) is 1.61. The highest BCUT2D eigenvalue weighted by molar-refractivity contribution is 5.85. The second-order valence-corrected chi connectivity index (χ2v) is 3.12. The Bertz CT molecular complexity index is 480. The van der Waals surface area contributed by atoms with Gasteiger partial charge >= 0.3 is 0 Å². The lowest BCUT2D eigenvalue weighted by Crippen LogP contribution is -1.89. The third kappa shape index (κ3) is 1.27. The fourth-order valence-electron chi connectivity index (χ4n) is 1.42. The van der Waals surface area contributed by atoms with Crippen molar-refractivity contribution in [3.63, 3.8) is 0 Å². The molecule has 0 spiro atoms. The van der Waals surface area contributed by atoms with E-state index in [1.165, 1.54) is 0 Å². The second-order valence-electron chi connectivity index (χ2n) is 3.12. The molecule has 0 radical (unpaired) electrons. The summed E-state index contributed by atoms with van der Waals surface area (Å²) in [5.74, 6) is 0.941. The van der Waals surface area contributed by atoms with Gasteiger partial charge in [0.2, 0.25) is 0 Å². The van der Waals surface area contributed by atoms with Crippen molar-refractivity contribution in [1.29, 1.82) is 0 Å². The summed E-state index contributed by atoms with van der Waals surface area (Å²) in [5.41, 5.74) is 1.40. The van der Waals surface area contributed by atoms with Gasteiger partial charge in [-0.15, -0.1) is 0 Å². The minimum Gasteiger partial charge on any atom is -0.506 e. The smallest absolute Gasteiger partial charge is 0.145 e. The Balaban J connectivity index is 2.81. The maximum absolute atomic E-state index is 9.48. The molecule has 2 aromatic rings. The van der Waals surface area contributed by atoms with Crippen molar-refractivity contribution < 1.29 is 9.84 Å². The summed E-state index contributed by atoms with van der Waals surface area (Å²) in [6, 6.07) is 7.31. The van der Waals surface area contributed by atoms with Crippen LogP contribution in [0.25, 0.3) is 10.9 Å². The molecule has 0 aliphatic rings. The van der Waals surface area contributed by atoms with Crippen molar-refractivity contribution in [1.82, 2.24) is 4.98 Å². The van der Waals surface area contributed by atoms with E-state index in [0.717, 1.165) is 16.7 Å². The zero-order valence-corrected chi connectivity index (χ0v) is 8.11. The molecule has 1 N–H and O–H groups in total. The molecule has 0 saturated carbocycles. The van der Waals surface area contributed by atoms with Crippen LogP contribution >= 0.6 is 0 Å². The van der Waals surface area contributed by atoms with E-state index in [1.807, 2.05) is 18.2 Å². The van der Waals surface area contributed by atoms with Crippen molar-refractivity contribution in [2.45, 2.75) is 6.92 Å². The summed E-state index contributed by atoms with van der Waals surface area (Å²) in [6.07, 6.45) is 0. The van der Waals surface area contributed by atoms with Gasteiger partial charge in [-0.3, -0.25) is 0 Å². The number of pyridine rings is 1. The lowest BCUT2D eigenvalue weighted by Gasteiger charge is -2.06. The highest BCUT2D eigenvalue weighted by atomic mass is 16.5. The van der Waals surface area contributed by atoms with Crippen LogP contribution in [0.4, 0.5) is 0 Å². The molecule has 0 unspecified atom stereocenters. The SMILES string of the molecule is COc1cccc2cc(O)c(C)nc12. The number of aromatic hydroxyl groups is 1. The van der Waals surface area contributed by atoms with Gasteiger partial charge in [-0.1, -0.05) is 12.1 Å². The number of fused-ring (bicyclic) bond motifs is 1. The molecule has 14 heavy (non-hydrogen) atoms. The van der Waals surface area contributed by atoms with Crippen LogP contribution < -0.4 is 4.74 Å². The molecule has 0 fully saturated rings. The Hall–Kier alpha value is -1.77. The van der Waals surface area contributed by atoms with Crippen molar-refractivity contribution in [3.8, 4) is 11.5 Å². The molecule has 0 amide bonds. The highest BCUT2D eigenvalue weighted by Gasteiger charge is 2.05. The Kier molecular flexibility index (Phi) is 2.00. The first-order valence-electron chi connectivity index (χ1n) is 4.35. The molecule has 1 aromatic heterocycles. The third-order valence-electron chi connectivity index (χ3n) is 2.19. The molecule has 3 nitrogen and oxygen atoms in total. The van der Waals surface area contributed by atoms with Crippen LogP contribution in [0, 0.1) is 6.92 Å². The molecule has 0 aliphatic carbocycles. The number of rotatable bonds is 1. The number of ether oxygens (including phenoxy) is 1. The molecule has 0 bridgehead atoms. The number of aromatic nitrogens is 1. The zero-order valence-electron chi connectivity index (χ0n) is 8.11. The number of benzene rings is 1. The Morgan fingerprint density at radius 2 is 2.14 bits per heavy atom. The van der Waals surface area contributed by atoms with Crippen LogP contribution in [0.15, 0.2) is 24.3 Å². The summed E-state index contributed by atoms with van der Waals surface area (Å²) in [4.78, 5) is 4.27. The van der Waals surface area contributed by atoms with Gasteiger partial charge in [0.05, 0.1) is 12.8 Å². The molecule has 1 heterocycles. The fourth-order valence-corrected chi connectivity index (χ4v) is 1.42. The normalized spacial score (nSPS) is 10.4. The maximum atomic E-state index is 9.48. The lowest BCUT2D eigenvalue weighted by molar-refractivity contribution is 0.418. The lowest BCUT2D eigenvalue weighted by atomic mass is 10.2. The largest absolute Gasteiger partial charge is 0.506 e. The topological polar surface area (TPSA) is 42.4 Å². The van der Waals surface area contributed by atoms with E-state index >= 15 is 0 Å². The molecule has 0 atom stereocenters. The van der Waals surface area contributed by atoms with Crippen LogP contribution in [0.1, 0.15) is 5.69 Å². The van der Waals surface area contributed by atoms with Crippen molar-refractivity contribution in [3.05, 3.63) is 30.0 Å². The number of aryl methyl sites for hydroxylation is 1. The van der Waals surface area contributed by atoms with E-state index in [0.29, 0.717) is 5.69 Å². The van der Waals surface area contributed by atoms with E-state index in [2.05, 4.69) is 4.98 Å². The van der Waals surface area contributed by atoms with Crippen molar-refractivity contribution >= 4 is 10.9 Å². The van der Waals surface area contributed by atoms with Gasteiger partial charge in [0, 0.05) is 5.39 Å². The van der Waals surface area contributed by atoms with Crippen LogP contribution in [0.3, 0.4) is 0 Å². The monoisotopic (exact) mass is 189 g/mol. The Morgan fingerprint density at radius 1 is 1.36 bits per heavy atom. The Labute approximate surface area is 82.0 Å². The van der Waals surface area contributed by atoms with Crippen LogP contribution in [0.5, 0.6) is 11.5 Å². The van der Waals surface area contributed by atoms with Gasteiger partial charge < -0.3 is 9.84 Å². The van der Waals surface area contributed by atoms with Crippen LogP contribution in [-0.4, -0.2) is 17.2 Å². The van der Waals surface area contributed by atoms with Gasteiger partial charge in [-0.25, -0.2) is 4.98 Å². The zero-order chi connectivity index (χ0) is 10.1. The van der Waals surface area contributed by atoms with E-state index in [4.69, 9.17) is 4.74 Å². The van der Waals surface area contributed by atoms with Crippen molar-refractivity contribution in [2.75, 3.05) is 7.11 Å². The molecule has 1 aromatic carbocycles. The van der Waals surface area contributed by atoms with Crippen molar-refractivity contribution in [2.24, 2.45) is 0 Å². The molecule has 0 aliphatic heterocycles. The van der Waals surface area contributed by atoms with Gasteiger partial charge in [0.1, 0.15) is 17.0 Å². The van der Waals surface area contributed by atoms with Gasteiger partial charge in [0.15, 0.2) is 0 Å². The molecule has 0 saturated heterocycles. The van der Waals surface area contributed by atoms with E-state index < -0.39 is 0 Å². The quantitative estimate of drug-likeness (QED) is 0.748. The minimum atomic E-state index is 0.214. The van der Waals surface area contributed by atoms with Gasteiger partial charge in [0.25, 0.3) is 0 Å². The van der Waals surface area contributed by atoms with E-state index in [-0.39, 0.29) is 5.75 Å². The first kappa shape index (κ1) is 8.81. The number of para-hydroxylation sites is 1. The third-order valence-corrected chi connectivity index (χ3v) is 2.19. The standard InChI is InChI=1S/C11H11NO2/c1-7-9(13)6-8-4-3-5-10(14-2)11(8)12-7/h3-6,13H,1-2H3. The summed E-state index contributed by atoms with van der Waals surface area (Å²) in [6.45, 7) is 1.77. The average Bonchev–Trinajstić information content (AvgIpc) is 2.19. The molecule has 2 rings (SSSR count). The highest BCUT2D eigenvalue weighted by Crippen LogP contribution is 2.27. The Morgan fingerprint density at radius 3 is 2.86 bits per heavy atom. The number of hydrogen-bond acceptors (Lipinski definition) is 3. The molecular formula is C11H11NO2. The predicted octanol–water partition coefficient (Wildman–Crippen LogP) is 2.26. The molecule has 3 heteroatoms. The second kappa shape index (κ2) is 3.18. The summed E-state index contributed by atoms with van der Waals surface area (Å²) < 4.78 is 5.18. The average molecular weight is 189 g/mol. The van der Waals surface area contributed by atoms with Gasteiger partial charge in [-0.05, 0) is 19.1 Å². The first-order chi connectivity index (χ1) is 6.72. The minimum absolute atomic E-state index is 0.214. The van der Waals surface area contributed by atoms with Gasteiger partial charge in [-0.2, -0.15) is 0 Å². The maximum Gasteiger partial charge on any atom is 0.145 e. The number of hydrogen-bond donors (Lipinski definition) is 1. The number of nitrogens with zero attached hydrogens (tertiary/aromatic N) is 1. The summed E-state index contributed by atoms with van der Waals surface area (Å²) >= 11 is 0. The fraction of sp³-hybridized carbons (Fsp3) is 0.182. The molecule has 72 valence electrons. The predicted molar refractivity (Wildman–Crippen MR) is 54.7 cm³/mol. The number of methoxy groups -OCH3 is 1. The first-order valence-corrected chi connectivity index (χ1v) is 4.35. The summed E-state index contributed by atoms with van der Waals surface area (Å²) in [5, 5.41) is 10.4.